The van der Waals surface area contributed by atoms with Gasteiger partial charge in [0.1, 0.15) is 11.9 Å². The van der Waals surface area contributed by atoms with Crippen LogP contribution < -0.4 is 4.90 Å². The summed E-state index contributed by atoms with van der Waals surface area (Å²) in [4.78, 5) is 31.2. The monoisotopic (exact) mass is 542 g/mol. The standard InChI is InChI=1S/C29H35ClN2O4S/c1-29(2,3)36-27(35)16-21(18-33)23(20-10-6-5-7-11-20)15-14-22(34)17-32(4)28-31-26(19-37-28)24-12-8-9-13-25(24)30/h5-13,18-19,21-23,34H,14-17H2,1-4H3. The van der Waals surface area contributed by atoms with Crippen LogP contribution in [0.3, 0.4) is 0 Å². The molecule has 0 bridgehead atoms. The molecule has 0 aliphatic carbocycles. The number of aldehydes is 1. The van der Waals surface area contributed by atoms with E-state index < -0.39 is 23.6 Å². The topological polar surface area (TPSA) is 79.7 Å². The van der Waals surface area contributed by atoms with Gasteiger partial charge in [0.05, 0.1) is 18.2 Å². The molecule has 8 heteroatoms. The second kappa shape index (κ2) is 13.2. The van der Waals surface area contributed by atoms with Crippen LogP contribution in [-0.4, -0.2) is 47.6 Å². The van der Waals surface area contributed by atoms with E-state index in [0.717, 1.165) is 28.2 Å². The number of aliphatic hydroxyl groups excluding tert-OH is 1. The lowest BCUT2D eigenvalue weighted by Crippen LogP contribution is -2.30. The summed E-state index contributed by atoms with van der Waals surface area (Å²) in [5.41, 5.74) is 2.02. The summed E-state index contributed by atoms with van der Waals surface area (Å²) in [6.45, 7) is 5.81. The number of esters is 1. The van der Waals surface area contributed by atoms with Crippen molar-refractivity contribution in [2.45, 2.75) is 57.7 Å². The molecule has 6 nitrogen and oxygen atoms in total. The third-order valence-electron chi connectivity index (χ3n) is 6.01. The number of hydrogen-bond donors (Lipinski definition) is 1. The van der Waals surface area contributed by atoms with Crippen LogP contribution in [0.4, 0.5) is 5.13 Å². The number of benzene rings is 2. The van der Waals surface area contributed by atoms with E-state index >= 15 is 0 Å². The molecular weight excluding hydrogens is 508 g/mol. The zero-order valence-corrected chi connectivity index (χ0v) is 23.3. The highest BCUT2D eigenvalue weighted by Gasteiger charge is 2.28. The molecule has 1 N–H and O–H groups in total. The Morgan fingerprint density at radius 1 is 1.14 bits per heavy atom. The van der Waals surface area contributed by atoms with Crippen molar-refractivity contribution in [1.29, 1.82) is 0 Å². The molecule has 0 spiro atoms. The lowest BCUT2D eigenvalue weighted by Gasteiger charge is -2.27. The first-order valence-electron chi connectivity index (χ1n) is 12.4. The van der Waals surface area contributed by atoms with E-state index in [9.17, 15) is 14.7 Å². The molecule has 3 rings (SSSR count). The van der Waals surface area contributed by atoms with Crippen LogP contribution in [0.2, 0.25) is 5.02 Å². The van der Waals surface area contributed by atoms with Gasteiger partial charge in [-0.2, -0.15) is 0 Å². The first-order chi connectivity index (χ1) is 17.6. The molecule has 0 radical (unpaired) electrons. The minimum absolute atomic E-state index is 0.000265. The zero-order valence-electron chi connectivity index (χ0n) is 21.8. The van der Waals surface area contributed by atoms with Crippen molar-refractivity contribution in [3.05, 3.63) is 70.6 Å². The number of carbonyl (C=O) groups is 2. The molecule has 1 heterocycles. The van der Waals surface area contributed by atoms with E-state index in [0.29, 0.717) is 24.4 Å². The van der Waals surface area contributed by atoms with E-state index in [1.165, 1.54) is 11.3 Å². The van der Waals surface area contributed by atoms with Gasteiger partial charge in [0.2, 0.25) is 0 Å². The maximum atomic E-state index is 12.5. The number of halogens is 1. The maximum absolute atomic E-state index is 12.5. The van der Waals surface area contributed by atoms with Crippen LogP contribution >= 0.6 is 22.9 Å². The highest BCUT2D eigenvalue weighted by Crippen LogP contribution is 2.33. The Labute approximate surface area is 228 Å². The number of anilines is 1. The average molecular weight is 543 g/mol. The smallest absolute Gasteiger partial charge is 0.307 e. The molecule has 2 aromatic carbocycles. The van der Waals surface area contributed by atoms with Crippen molar-refractivity contribution in [3.8, 4) is 11.3 Å². The Morgan fingerprint density at radius 2 is 1.81 bits per heavy atom. The quantitative estimate of drug-likeness (QED) is 0.211. The van der Waals surface area contributed by atoms with Crippen LogP contribution in [0.5, 0.6) is 0 Å². The normalized spacial score (nSPS) is 14.0. The molecule has 3 aromatic rings. The third kappa shape index (κ3) is 8.66. The molecule has 0 saturated heterocycles. The molecule has 1 aromatic heterocycles. The number of rotatable bonds is 12. The van der Waals surface area contributed by atoms with Gasteiger partial charge in [0, 0.05) is 35.5 Å². The number of hydrogen-bond acceptors (Lipinski definition) is 7. The average Bonchev–Trinajstić information content (AvgIpc) is 3.33. The Kier molecular flexibility index (Phi) is 10.3. The van der Waals surface area contributed by atoms with Gasteiger partial charge in [0.15, 0.2) is 5.13 Å². The highest BCUT2D eigenvalue weighted by molar-refractivity contribution is 7.14. The molecule has 0 aliphatic heterocycles. The summed E-state index contributed by atoms with van der Waals surface area (Å²) in [7, 11) is 1.89. The van der Waals surface area contributed by atoms with Crippen LogP contribution in [0.25, 0.3) is 11.3 Å². The second-order valence-electron chi connectivity index (χ2n) is 10.2. The Hall–Kier alpha value is -2.74. The van der Waals surface area contributed by atoms with E-state index in [1.807, 2.05) is 92.7 Å². The predicted octanol–water partition coefficient (Wildman–Crippen LogP) is 6.37. The van der Waals surface area contributed by atoms with Crippen molar-refractivity contribution in [1.82, 2.24) is 4.98 Å². The van der Waals surface area contributed by atoms with E-state index in [1.54, 1.807) is 0 Å². The fourth-order valence-electron chi connectivity index (χ4n) is 4.28. The SMILES string of the molecule is CN(CC(O)CCC(c1ccccc1)C(C=O)CC(=O)OC(C)(C)C)c1nc(-c2ccccc2Cl)cs1. The Bertz CT molecular complexity index is 1160. The Morgan fingerprint density at radius 3 is 2.46 bits per heavy atom. The number of nitrogens with zero attached hydrogens (tertiary/aromatic N) is 2. The van der Waals surface area contributed by atoms with Gasteiger partial charge >= 0.3 is 5.97 Å². The fourth-order valence-corrected chi connectivity index (χ4v) is 5.31. The maximum Gasteiger partial charge on any atom is 0.307 e. The van der Waals surface area contributed by atoms with Crippen LogP contribution in [0, 0.1) is 5.92 Å². The summed E-state index contributed by atoms with van der Waals surface area (Å²) in [6.07, 6.45) is 1.21. The van der Waals surface area contributed by atoms with Crippen molar-refractivity contribution in [2.75, 3.05) is 18.5 Å². The lowest BCUT2D eigenvalue weighted by molar-refractivity contribution is -0.156. The van der Waals surface area contributed by atoms with Crippen LogP contribution in [0.1, 0.15) is 51.5 Å². The summed E-state index contributed by atoms with van der Waals surface area (Å²) < 4.78 is 5.46. The lowest BCUT2D eigenvalue weighted by atomic mass is 9.81. The first-order valence-corrected chi connectivity index (χ1v) is 13.6. The predicted molar refractivity (Wildman–Crippen MR) is 150 cm³/mol. The highest BCUT2D eigenvalue weighted by atomic mass is 35.5. The number of ether oxygens (including phenoxy) is 1. The van der Waals surface area contributed by atoms with Crippen molar-refractivity contribution in [3.63, 3.8) is 0 Å². The van der Waals surface area contributed by atoms with Gasteiger partial charge < -0.3 is 19.5 Å². The Balaban J connectivity index is 1.65. The number of aliphatic hydroxyl groups is 1. The molecule has 0 fully saturated rings. The summed E-state index contributed by atoms with van der Waals surface area (Å²) >= 11 is 7.80. The van der Waals surface area contributed by atoms with Gasteiger partial charge in [-0.05, 0) is 51.2 Å². The molecule has 37 heavy (non-hydrogen) atoms. The van der Waals surface area contributed by atoms with Crippen molar-refractivity contribution in [2.24, 2.45) is 5.92 Å². The molecular formula is C29H35ClN2O4S. The van der Waals surface area contributed by atoms with Crippen molar-refractivity contribution < 1.29 is 19.4 Å². The van der Waals surface area contributed by atoms with Gasteiger partial charge in [-0.1, -0.05) is 60.1 Å². The minimum atomic E-state index is -0.641. The molecule has 0 saturated carbocycles. The van der Waals surface area contributed by atoms with Crippen LogP contribution in [-0.2, 0) is 14.3 Å². The van der Waals surface area contributed by atoms with Gasteiger partial charge in [-0.25, -0.2) is 4.98 Å². The van der Waals surface area contributed by atoms with E-state index in [4.69, 9.17) is 21.3 Å². The van der Waals surface area contributed by atoms with E-state index in [2.05, 4.69) is 0 Å². The first kappa shape index (κ1) is 28.8. The number of carbonyl (C=O) groups excluding carboxylic acids is 2. The molecule has 3 atom stereocenters. The number of thiazole rings is 1. The second-order valence-corrected chi connectivity index (χ2v) is 11.5. The third-order valence-corrected chi connectivity index (χ3v) is 7.29. The summed E-state index contributed by atoms with van der Waals surface area (Å²) in [6, 6.07) is 17.2. The van der Waals surface area contributed by atoms with Gasteiger partial charge in [-0.15, -0.1) is 11.3 Å². The van der Waals surface area contributed by atoms with Crippen LogP contribution in [0.15, 0.2) is 60.0 Å². The number of aromatic nitrogens is 1. The van der Waals surface area contributed by atoms with Gasteiger partial charge in [0.25, 0.3) is 0 Å². The molecule has 0 aliphatic rings. The number of likely N-dealkylation sites (N-methyl/N-ethyl adjacent to an activating group) is 1. The molecule has 198 valence electrons. The van der Waals surface area contributed by atoms with Crippen molar-refractivity contribution >= 4 is 40.3 Å². The zero-order chi connectivity index (χ0) is 27.0. The minimum Gasteiger partial charge on any atom is -0.460 e. The van der Waals surface area contributed by atoms with E-state index in [-0.39, 0.29) is 12.3 Å². The molecule has 3 unspecified atom stereocenters. The largest absolute Gasteiger partial charge is 0.460 e. The summed E-state index contributed by atoms with van der Waals surface area (Å²) in [5.74, 6) is -1.15. The fraction of sp³-hybridized carbons (Fsp3) is 0.414. The molecule has 0 amide bonds. The van der Waals surface area contributed by atoms with Gasteiger partial charge in [-0.3, -0.25) is 4.79 Å². The summed E-state index contributed by atoms with van der Waals surface area (Å²) in [5, 5.41) is 14.2.